The first-order valence-electron chi connectivity index (χ1n) is 6.16. The zero-order valence-corrected chi connectivity index (χ0v) is 10.5. The molecule has 0 unspecified atom stereocenters. The molecule has 1 saturated heterocycles. The Morgan fingerprint density at radius 2 is 1.84 bits per heavy atom. The first-order chi connectivity index (χ1) is 9.25. The number of nitrogens with one attached hydrogen (secondary N) is 1. The van der Waals surface area contributed by atoms with Gasteiger partial charge in [0.05, 0.1) is 13.2 Å². The largest absolute Gasteiger partial charge is 0.379 e. The third-order valence-corrected chi connectivity index (χ3v) is 2.72. The fourth-order valence-electron chi connectivity index (χ4n) is 1.69. The zero-order valence-electron chi connectivity index (χ0n) is 10.5. The van der Waals surface area contributed by atoms with Gasteiger partial charge in [0.2, 0.25) is 5.78 Å². The number of hydrogen-bond acceptors (Lipinski definition) is 4. The molecule has 1 N–H and O–H groups in total. The molecule has 1 aromatic carbocycles. The minimum atomic E-state index is -0.617. The van der Waals surface area contributed by atoms with Crippen molar-refractivity contribution in [1.82, 2.24) is 10.4 Å². The highest BCUT2D eigenvalue weighted by atomic mass is 16.5. The number of hydrogen-bond donors (Lipinski definition) is 1. The first kappa shape index (κ1) is 13.5. The summed E-state index contributed by atoms with van der Waals surface area (Å²) in [6, 6.07) is 9.37. The van der Waals surface area contributed by atoms with E-state index in [-0.39, 0.29) is 0 Å². The van der Waals surface area contributed by atoms with Crippen LogP contribution in [0.5, 0.6) is 0 Å². The van der Waals surface area contributed by atoms with Crippen molar-refractivity contribution in [3.8, 4) is 0 Å². The maximum atomic E-state index is 11.6. The molecule has 19 heavy (non-hydrogen) atoms. The SMILES string of the molecule is O=C(/C=C/c1ccccc1)C(=O)NN1CCOCC1. The average molecular weight is 260 g/mol. The maximum Gasteiger partial charge on any atom is 0.306 e. The number of rotatable bonds is 4. The summed E-state index contributed by atoms with van der Waals surface area (Å²) in [5.74, 6) is -1.18. The molecule has 1 aromatic rings. The van der Waals surface area contributed by atoms with E-state index in [0.717, 1.165) is 5.56 Å². The number of carbonyl (C=O) groups excluding carboxylic acids is 2. The van der Waals surface area contributed by atoms with Gasteiger partial charge in [-0.15, -0.1) is 0 Å². The monoisotopic (exact) mass is 260 g/mol. The molecule has 1 fully saturated rings. The van der Waals surface area contributed by atoms with E-state index in [9.17, 15) is 9.59 Å². The van der Waals surface area contributed by atoms with Gasteiger partial charge in [-0.05, 0) is 11.6 Å². The van der Waals surface area contributed by atoms with Gasteiger partial charge in [-0.1, -0.05) is 36.4 Å². The van der Waals surface area contributed by atoms with Gasteiger partial charge in [0.15, 0.2) is 0 Å². The highest BCUT2D eigenvalue weighted by Gasteiger charge is 2.16. The average Bonchev–Trinajstić information content (AvgIpc) is 2.47. The van der Waals surface area contributed by atoms with Crippen molar-refractivity contribution in [2.75, 3.05) is 26.3 Å². The molecule has 0 aliphatic carbocycles. The molecule has 0 spiro atoms. The third kappa shape index (κ3) is 4.31. The van der Waals surface area contributed by atoms with Crippen LogP contribution in [-0.4, -0.2) is 43.0 Å². The molecule has 0 saturated carbocycles. The second kappa shape index (κ2) is 6.82. The van der Waals surface area contributed by atoms with Crippen molar-refractivity contribution in [1.29, 1.82) is 0 Å². The Morgan fingerprint density at radius 3 is 2.53 bits per heavy atom. The Morgan fingerprint density at radius 1 is 1.16 bits per heavy atom. The van der Waals surface area contributed by atoms with Gasteiger partial charge < -0.3 is 4.74 Å². The molecule has 1 amide bonds. The van der Waals surface area contributed by atoms with Crippen LogP contribution in [0.15, 0.2) is 36.4 Å². The lowest BCUT2D eigenvalue weighted by atomic mass is 10.2. The van der Waals surface area contributed by atoms with E-state index >= 15 is 0 Å². The molecule has 5 heteroatoms. The summed E-state index contributed by atoms with van der Waals surface area (Å²) in [7, 11) is 0. The number of benzene rings is 1. The van der Waals surface area contributed by atoms with Gasteiger partial charge in [0.25, 0.3) is 0 Å². The topological polar surface area (TPSA) is 58.6 Å². The van der Waals surface area contributed by atoms with Gasteiger partial charge in [0.1, 0.15) is 0 Å². The highest BCUT2D eigenvalue weighted by molar-refractivity contribution is 6.41. The minimum Gasteiger partial charge on any atom is -0.379 e. The summed E-state index contributed by atoms with van der Waals surface area (Å²) < 4.78 is 5.16. The van der Waals surface area contributed by atoms with Crippen molar-refractivity contribution in [2.45, 2.75) is 0 Å². The summed E-state index contributed by atoms with van der Waals surface area (Å²) in [6.07, 6.45) is 2.91. The predicted molar refractivity (Wildman–Crippen MR) is 71.0 cm³/mol. The van der Waals surface area contributed by atoms with E-state index in [1.807, 2.05) is 30.3 Å². The molecule has 0 aromatic heterocycles. The summed E-state index contributed by atoms with van der Waals surface area (Å²) >= 11 is 0. The Hall–Kier alpha value is -1.98. The lowest BCUT2D eigenvalue weighted by Crippen LogP contribution is -2.50. The molecule has 0 radical (unpaired) electrons. The van der Waals surface area contributed by atoms with E-state index in [1.165, 1.54) is 6.08 Å². The summed E-state index contributed by atoms with van der Waals surface area (Å²) in [5.41, 5.74) is 3.45. The molecule has 5 nitrogen and oxygen atoms in total. The normalized spacial score (nSPS) is 16.4. The maximum absolute atomic E-state index is 11.6. The Bertz CT molecular complexity index is 465. The van der Waals surface area contributed by atoms with E-state index in [1.54, 1.807) is 11.1 Å². The fraction of sp³-hybridized carbons (Fsp3) is 0.286. The Labute approximate surface area is 111 Å². The van der Waals surface area contributed by atoms with E-state index in [4.69, 9.17) is 4.74 Å². The van der Waals surface area contributed by atoms with Crippen molar-refractivity contribution in [2.24, 2.45) is 0 Å². The first-order valence-corrected chi connectivity index (χ1v) is 6.16. The van der Waals surface area contributed by atoms with Gasteiger partial charge >= 0.3 is 5.91 Å². The van der Waals surface area contributed by atoms with E-state index in [0.29, 0.717) is 26.3 Å². The molecular formula is C14H16N2O3. The number of morpholine rings is 1. The van der Waals surface area contributed by atoms with Crippen molar-refractivity contribution in [3.05, 3.63) is 42.0 Å². The van der Waals surface area contributed by atoms with Crippen LogP contribution in [0.2, 0.25) is 0 Å². The standard InChI is InChI=1S/C14H16N2O3/c17-13(7-6-12-4-2-1-3-5-12)14(18)15-16-8-10-19-11-9-16/h1-7H,8-11H2,(H,15,18)/b7-6+. The van der Waals surface area contributed by atoms with Gasteiger partial charge in [-0.25, -0.2) is 5.01 Å². The van der Waals surface area contributed by atoms with Crippen LogP contribution in [0.4, 0.5) is 0 Å². The van der Waals surface area contributed by atoms with Crippen LogP contribution in [0.3, 0.4) is 0 Å². The molecule has 1 aliphatic rings. The summed E-state index contributed by atoms with van der Waals surface area (Å²) in [5, 5.41) is 1.69. The molecule has 1 aliphatic heterocycles. The fourth-order valence-corrected chi connectivity index (χ4v) is 1.69. The second-order valence-electron chi connectivity index (χ2n) is 4.15. The van der Waals surface area contributed by atoms with Crippen LogP contribution in [0, 0.1) is 0 Å². The number of hydrazine groups is 1. The summed E-state index contributed by atoms with van der Waals surface area (Å²) in [4.78, 5) is 23.3. The molecule has 0 bridgehead atoms. The smallest absolute Gasteiger partial charge is 0.306 e. The molecule has 0 atom stereocenters. The van der Waals surface area contributed by atoms with Crippen molar-refractivity contribution in [3.63, 3.8) is 0 Å². The number of ketones is 1. The van der Waals surface area contributed by atoms with Gasteiger partial charge in [-0.3, -0.25) is 15.0 Å². The van der Waals surface area contributed by atoms with Crippen LogP contribution < -0.4 is 5.43 Å². The quantitative estimate of drug-likeness (QED) is 0.637. The highest BCUT2D eigenvalue weighted by Crippen LogP contribution is 2.01. The lowest BCUT2D eigenvalue weighted by molar-refractivity contribution is -0.139. The third-order valence-electron chi connectivity index (χ3n) is 2.72. The van der Waals surface area contributed by atoms with E-state index in [2.05, 4.69) is 5.43 Å². The molecule has 100 valence electrons. The zero-order chi connectivity index (χ0) is 13.5. The summed E-state index contributed by atoms with van der Waals surface area (Å²) in [6.45, 7) is 2.32. The van der Waals surface area contributed by atoms with Gasteiger partial charge in [-0.2, -0.15) is 0 Å². The van der Waals surface area contributed by atoms with Crippen molar-refractivity contribution < 1.29 is 14.3 Å². The van der Waals surface area contributed by atoms with E-state index < -0.39 is 11.7 Å². The molecule has 1 heterocycles. The Kier molecular flexibility index (Phi) is 4.83. The molecule has 2 rings (SSSR count). The number of carbonyl (C=O) groups is 2. The van der Waals surface area contributed by atoms with Crippen molar-refractivity contribution >= 4 is 17.8 Å². The van der Waals surface area contributed by atoms with Crippen LogP contribution >= 0.6 is 0 Å². The second-order valence-corrected chi connectivity index (χ2v) is 4.15. The Balaban J connectivity index is 1.85. The lowest BCUT2D eigenvalue weighted by Gasteiger charge is -2.26. The van der Waals surface area contributed by atoms with Crippen LogP contribution in [0.25, 0.3) is 6.08 Å². The van der Waals surface area contributed by atoms with Gasteiger partial charge in [0, 0.05) is 13.1 Å². The molecular weight excluding hydrogens is 244 g/mol. The predicted octanol–water partition coefficient (Wildman–Crippen LogP) is 0.632. The van der Waals surface area contributed by atoms with Crippen LogP contribution in [0.1, 0.15) is 5.56 Å². The minimum absolute atomic E-state index is 0.560. The van der Waals surface area contributed by atoms with Crippen LogP contribution in [-0.2, 0) is 14.3 Å². The number of ether oxygens (including phenoxy) is 1. The number of nitrogens with zero attached hydrogens (tertiary/aromatic N) is 1. The number of amides is 1.